The fourth-order valence-corrected chi connectivity index (χ4v) is 5.82. The summed E-state index contributed by atoms with van der Waals surface area (Å²) in [5, 5.41) is 5.53. The third-order valence-electron chi connectivity index (χ3n) is 7.97. The van der Waals surface area contributed by atoms with Crippen molar-refractivity contribution in [3.05, 3.63) is 75.2 Å². The maximum atomic E-state index is 13.7. The first-order chi connectivity index (χ1) is 19.5. The minimum absolute atomic E-state index is 0.0181. The van der Waals surface area contributed by atoms with E-state index in [1.807, 2.05) is 12.1 Å². The molecule has 11 nitrogen and oxygen atoms in total. The first-order valence-corrected chi connectivity index (χ1v) is 13.3. The number of amides is 5. The molecule has 41 heavy (non-hydrogen) atoms. The molecule has 0 spiro atoms. The number of imide groups is 2. The van der Waals surface area contributed by atoms with Gasteiger partial charge in [-0.25, -0.2) is 0 Å². The second-order valence-electron chi connectivity index (χ2n) is 10.6. The smallest absolute Gasteiger partial charge is 0.264 e. The molecule has 0 saturated carbocycles. The van der Waals surface area contributed by atoms with E-state index in [0.717, 1.165) is 21.6 Å². The van der Waals surface area contributed by atoms with Crippen molar-refractivity contribution in [2.45, 2.75) is 38.6 Å². The molecule has 2 N–H and O–H groups in total. The minimum atomic E-state index is -1.08. The maximum Gasteiger partial charge on any atom is 0.264 e. The van der Waals surface area contributed by atoms with E-state index in [1.54, 1.807) is 50.3 Å². The molecule has 0 radical (unpaired) electrons. The fourth-order valence-electron chi connectivity index (χ4n) is 5.82. The monoisotopic (exact) mass is 553 g/mol. The minimum Gasteiger partial charge on any atom is -0.354 e. The van der Waals surface area contributed by atoms with E-state index in [9.17, 15) is 28.8 Å². The molecule has 11 heteroatoms. The van der Waals surface area contributed by atoms with Crippen molar-refractivity contribution in [3.8, 4) is 11.1 Å². The Labute approximate surface area is 234 Å². The Balaban J connectivity index is 1.46. The number of carbonyl (C=O) groups excluding carboxylic acids is 5. The van der Waals surface area contributed by atoms with E-state index in [2.05, 4.69) is 10.6 Å². The summed E-state index contributed by atoms with van der Waals surface area (Å²) in [6.45, 7) is 1.74. The van der Waals surface area contributed by atoms with Crippen molar-refractivity contribution in [1.82, 2.24) is 14.8 Å². The van der Waals surface area contributed by atoms with E-state index in [1.165, 1.54) is 10.6 Å². The normalized spacial score (nSPS) is 18.4. The van der Waals surface area contributed by atoms with Crippen molar-refractivity contribution in [2.75, 3.05) is 17.3 Å². The van der Waals surface area contributed by atoms with Crippen LogP contribution in [0.4, 0.5) is 17.1 Å². The number of piperidine rings is 1. The second kappa shape index (κ2) is 9.54. The highest BCUT2D eigenvalue weighted by atomic mass is 16.2. The molecular formula is C30H27N5O6. The zero-order valence-electron chi connectivity index (χ0n) is 22.7. The van der Waals surface area contributed by atoms with E-state index >= 15 is 0 Å². The zero-order chi connectivity index (χ0) is 29.2. The van der Waals surface area contributed by atoms with Crippen LogP contribution in [0.3, 0.4) is 0 Å². The number of carbonyl (C=O) groups is 5. The second-order valence-corrected chi connectivity index (χ2v) is 10.6. The first kappa shape index (κ1) is 26.2. The number of nitrogens with one attached hydrogen (secondary N) is 2. The van der Waals surface area contributed by atoms with Gasteiger partial charge in [-0.3, -0.25) is 39.0 Å². The number of hydrogen-bond acceptors (Lipinski definition) is 7. The van der Waals surface area contributed by atoms with Crippen molar-refractivity contribution >= 4 is 46.6 Å². The summed E-state index contributed by atoms with van der Waals surface area (Å²) in [5.41, 5.74) is 4.81. The Morgan fingerprint density at radius 1 is 0.878 bits per heavy atom. The molecule has 208 valence electrons. The van der Waals surface area contributed by atoms with Gasteiger partial charge in [-0.05, 0) is 55.7 Å². The third kappa shape index (κ3) is 4.21. The lowest BCUT2D eigenvalue weighted by Gasteiger charge is -2.28. The number of nitrogens with zero attached hydrogens (tertiary/aromatic N) is 3. The van der Waals surface area contributed by atoms with Gasteiger partial charge in [0.25, 0.3) is 17.4 Å². The van der Waals surface area contributed by atoms with Gasteiger partial charge in [0.05, 0.1) is 16.8 Å². The first-order valence-electron chi connectivity index (χ1n) is 13.3. The quantitative estimate of drug-likeness (QED) is 0.473. The van der Waals surface area contributed by atoms with Gasteiger partial charge >= 0.3 is 0 Å². The van der Waals surface area contributed by atoms with Crippen LogP contribution in [0.1, 0.15) is 51.1 Å². The molecule has 4 heterocycles. The van der Waals surface area contributed by atoms with Crippen LogP contribution < -0.4 is 21.1 Å². The standard InChI is InChI=1S/C30H27N5O6/c1-15-11-17(14-33(2)28(15)39)19-12-16-7-10-25(37)34(3)23(16)13-21(19)31-20-6-4-5-18-26(20)30(41)35(29(18)40)22-8-9-24(36)32-27(22)38/h4-6,11-14,22,31H,7-10H2,1-3H3,(H,32,36,38)/t22-/m0/s1. The van der Waals surface area contributed by atoms with Crippen LogP contribution in [0.25, 0.3) is 11.1 Å². The van der Waals surface area contributed by atoms with Crippen LogP contribution in [0.2, 0.25) is 0 Å². The Bertz CT molecular complexity index is 1750. The molecule has 1 fully saturated rings. The summed E-state index contributed by atoms with van der Waals surface area (Å²) in [7, 11) is 3.38. The fraction of sp³-hybridized carbons (Fsp3) is 0.267. The van der Waals surface area contributed by atoms with E-state index < -0.39 is 29.7 Å². The number of fused-ring (bicyclic) bond motifs is 2. The molecule has 0 bridgehead atoms. The average Bonchev–Trinajstić information content (AvgIpc) is 3.19. The molecule has 0 aliphatic carbocycles. The lowest BCUT2D eigenvalue weighted by molar-refractivity contribution is -0.136. The third-order valence-corrected chi connectivity index (χ3v) is 7.97. The lowest BCUT2D eigenvalue weighted by atomic mass is 9.94. The highest BCUT2D eigenvalue weighted by Gasteiger charge is 2.45. The van der Waals surface area contributed by atoms with Crippen LogP contribution in [-0.2, 0) is 27.9 Å². The van der Waals surface area contributed by atoms with E-state index in [0.29, 0.717) is 35.5 Å². The summed E-state index contributed by atoms with van der Waals surface area (Å²) in [6, 6.07) is 9.37. The largest absolute Gasteiger partial charge is 0.354 e. The molecule has 3 aromatic rings. The Kier molecular flexibility index (Phi) is 6.09. The Hall–Kier alpha value is -5.06. The molecule has 5 amide bonds. The molecule has 1 saturated heterocycles. The van der Waals surface area contributed by atoms with Gasteiger partial charge in [-0.1, -0.05) is 6.07 Å². The van der Waals surface area contributed by atoms with E-state index in [4.69, 9.17) is 0 Å². The maximum absolute atomic E-state index is 13.7. The van der Waals surface area contributed by atoms with Crippen molar-refractivity contribution in [2.24, 2.45) is 7.05 Å². The van der Waals surface area contributed by atoms with Crippen molar-refractivity contribution in [3.63, 3.8) is 0 Å². The number of hydrogen-bond donors (Lipinski definition) is 2. The van der Waals surface area contributed by atoms with Crippen LogP contribution in [0, 0.1) is 6.92 Å². The van der Waals surface area contributed by atoms with Crippen LogP contribution in [-0.4, -0.2) is 52.1 Å². The van der Waals surface area contributed by atoms with Crippen LogP contribution in [0.5, 0.6) is 0 Å². The predicted octanol–water partition coefficient (Wildman–Crippen LogP) is 2.41. The summed E-state index contributed by atoms with van der Waals surface area (Å²) < 4.78 is 1.50. The summed E-state index contributed by atoms with van der Waals surface area (Å²) in [6.07, 6.45) is 2.75. The highest BCUT2D eigenvalue weighted by molar-refractivity contribution is 6.25. The number of benzene rings is 2. The number of anilines is 3. The van der Waals surface area contributed by atoms with Crippen molar-refractivity contribution in [1.29, 1.82) is 0 Å². The van der Waals surface area contributed by atoms with Gasteiger partial charge in [-0.2, -0.15) is 0 Å². The van der Waals surface area contributed by atoms with Gasteiger partial charge in [0.15, 0.2) is 0 Å². The SMILES string of the molecule is Cc1cc(-c2cc3c(cc2Nc2cccc4c2C(=O)N([C@H]2CCC(=O)NC2=O)C4=O)N(C)C(=O)CC3)cn(C)c1=O. The summed E-state index contributed by atoms with van der Waals surface area (Å²) in [5.74, 6) is -2.38. The topological polar surface area (TPSA) is 138 Å². The van der Waals surface area contributed by atoms with E-state index in [-0.39, 0.29) is 35.4 Å². The number of aryl methyl sites for hydroxylation is 3. The zero-order valence-corrected chi connectivity index (χ0v) is 22.7. The molecular weight excluding hydrogens is 526 g/mol. The van der Waals surface area contributed by atoms with Crippen LogP contribution >= 0.6 is 0 Å². The average molecular weight is 554 g/mol. The molecule has 6 rings (SSSR count). The Morgan fingerprint density at radius 2 is 1.66 bits per heavy atom. The number of pyridine rings is 1. The van der Waals surface area contributed by atoms with Gasteiger partial charge in [0.1, 0.15) is 6.04 Å². The highest BCUT2D eigenvalue weighted by Crippen LogP contribution is 2.41. The van der Waals surface area contributed by atoms with Gasteiger partial charge in [-0.15, -0.1) is 0 Å². The molecule has 2 aromatic carbocycles. The molecule has 1 aromatic heterocycles. The lowest BCUT2D eigenvalue weighted by Crippen LogP contribution is -2.54. The molecule has 3 aliphatic heterocycles. The number of rotatable bonds is 4. The predicted molar refractivity (Wildman–Crippen MR) is 150 cm³/mol. The van der Waals surface area contributed by atoms with Gasteiger partial charge in [0.2, 0.25) is 17.7 Å². The summed E-state index contributed by atoms with van der Waals surface area (Å²) >= 11 is 0. The molecule has 1 atom stereocenters. The van der Waals surface area contributed by atoms with Crippen LogP contribution in [0.15, 0.2) is 47.4 Å². The van der Waals surface area contributed by atoms with Crippen molar-refractivity contribution < 1.29 is 24.0 Å². The summed E-state index contributed by atoms with van der Waals surface area (Å²) in [4.78, 5) is 78.6. The Morgan fingerprint density at radius 3 is 2.39 bits per heavy atom. The van der Waals surface area contributed by atoms with Gasteiger partial charge in [0, 0.05) is 61.2 Å². The van der Waals surface area contributed by atoms with Gasteiger partial charge < -0.3 is 14.8 Å². The number of aromatic nitrogens is 1. The molecule has 3 aliphatic rings. The molecule has 0 unspecified atom stereocenters.